The van der Waals surface area contributed by atoms with Crippen molar-refractivity contribution in [2.45, 2.75) is 0 Å². The van der Waals surface area contributed by atoms with E-state index < -0.39 is 0 Å². The predicted molar refractivity (Wildman–Crippen MR) is 211 cm³/mol. The summed E-state index contributed by atoms with van der Waals surface area (Å²) in [6.45, 7) is 0. The third kappa shape index (κ3) is 2.83. The highest BCUT2D eigenvalue weighted by Gasteiger charge is 2.28. The van der Waals surface area contributed by atoms with Crippen LogP contribution in [0.1, 0.15) is 0 Å². The fraction of sp³-hybridized carbons (Fsp3) is 0. The Hall–Kier alpha value is -6.64. The smallest absolute Gasteiger partial charge is 0.0642 e. The van der Waals surface area contributed by atoms with Crippen LogP contribution in [0.25, 0.3) is 121 Å². The fourth-order valence-corrected chi connectivity index (χ4v) is 9.81. The van der Waals surface area contributed by atoms with Gasteiger partial charge in [-0.25, -0.2) is 0 Å². The first kappa shape index (κ1) is 25.4. The van der Waals surface area contributed by atoms with E-state index in [9.17, 15) is 0 Å². The molecule has 1 aliphatic rings. The van der Waals surface area contributed by atoms with Gasteiger partial charge < -0.3 is 8.80 Å². The van der Waals surface area contributed by atoms with E-state index in [1.54, 1.807) is 0 Å². The van der Waals surface area contributed by atoms with Crippen LogP contribution in [0.15, 0.2) is 158 Å². The van der Waals surface area contributed by atoms with Crippen LogP contribution in [-0.2, 0) is 0 Å². The van der Waals surface area contributed by atoms with Crippen molar-refractivity contribution in [1.82, 2.24) is 8.80 Å². The summed E-state index contributed by atoms with van der Waals surface area (Å²) in [7, 11) is 0. The van der Waals surface area contributed by atoms with Gasteiger partial charge in [0.1, 0.15) is 0 Å². The maximum absolute atomic E-state index is 2.57. The zero-order valence-corrected chi connectivity index (χ0v) is 26.9. The molecule has 0 N–H and O–H groups in total. The molecular formula is C48H26N2. The van der Waals surface area contributed by atoms with E-state index in [-0.39, 0.29) is 0 Å². The first-order valence-corrected chi connectivity index (χ1v) is 17.5. The molecule has 50 heavy (non-hydrogen) atoms. The second kappa shape index (κ2) is 8.68. The molecule has 0 saturated carbocycles. The maximum Gasteiger partial charge on any atom is 0.0642 e. The van der Waals surface area contributed by atoms with Crippen LogP contribution in [0.2, 0.25) is 0 Å². The Morgan fingerprint density at radius 2 is 0.660 bits per heavy atom. The van der Waals surface area contributed by atoms with E-state index in [1.165, 1.54) is 121 Å². The Morgan fingerprint density at radius 3 is 1.28 bits per heavy atom. The summed E-state index contributed by atoms with van der Waals surface area (Å²) >= 11 is 0. The van der Waals surface area contributed by atoms with Gasteiger partial charge >= 0.3 is 0 Å². The van der Waals surface area contributed by atoms with Gasteiger partial charge in [0.25, 0.3) is 0 Å². The molecule has 4 aromatic heterocycles. The molecule has 0 saturated heterocycles. The monoisotopic (exact) mass is 630 g/mol. The normalized spacial score (nSPS) is 12.8. The maximum atomic E-state index is 2.57. The standard InChI is InChI=1S/C48H26N2/c1-2-13-28-27(12-1)29-14-3-5-16-31(29)37-24-41-44(26-38(37)32-17-6-4-15-30(28)32)49-42-22-9-8-19-34(42)39-25-40-36-21-11-20-35-33-18-7-10-23-43(33)50(46(35)36)48(40)45(41)47(39)49/h1-26H. The second-order valence-corrected chi connectivity index (χ2v) is 14.0. The molecule has 0 atom stereocenters. The lowest BCUT2D eigenvalue weighted by atomic mass is 9.80. The van der Waals surface area contributed by atoms with Gasteiger partial charge in [-0.05, 0) is 74.8 Å². The molecule has 13 rings (SSSR count). The van der Waals surface area contributed by atoms with E-state index >= 15 is 0 Å². The van der Waals surface area contributed by atoms with Crippen molar-refractivity contribution in [3.8, 4) is 44.5 Å². The SMILES string of the molecule is c1ccc2c(c1)-c1ccccc1-c1cc3c4c5c(cc6c7cccc8c9ccccc9n(c87)c64)c4ccccc4n5c3cc1-c1ccccc1-2. The van der Waals surface area contributed by atoms with Crippen LogP contribution >= 0.6 is 0 Å². The van der Waals surface area contributed by atoms with Gasteiger partial charge in [0.15, 0.2) is 0 Å². The van der Waals surface area contributed by atoms with E-state index in [0.29, 0.717) is 0 Å². The summed E-state index contributed by atoms with van der Waals surface area (Å²) in [5, 5.41) is 10.5. The van der Waals surface area contributed by atoms with Crippen molar-refractivity contribution < 1.29 is 0 Å². The van der Waals surface area contributed by atoms with Crippen molar-refractivity contribution in [3.05, 3.63) is 158 Å². The van der Waals surface area contributed by atoms with Crippen molar-refractivity contribution >= 4 is 76.2 Å². The Balaban J connectivity index is 1.33. The number of aromatic nitrogens is 2. The highest BCUT2D eigenvalue weighted by Crippen LogP contribution is 2.52. The molecule has 0 radical (unpaired) electrons. The number of nitrogens with zero attached hydrogens (tertiary/aromatic N) is 2. The zero-order chi connectivity index (χ0) is 32.2. The van der Waals surface area contributed by atoms with Crippen molar-refractivity contribution in [3.63, 3.8) is 0 Å². The minimum atomic E-state index is 1.25. The van der Waals surface area contributed by atoms with Gasteiger partial charge in [-0.1, -0.05) is 127 Å². The second-order valence-electron chi connectivity index (χ2n) is 14.0. The Kier molecular flexibility index (Phi) is 4.41. The van der Waals surface area contributed by atoms with Crippen LogP contribution in [0.5, 0.6) is 0 Å². The minimum absolute atomic E-state index is 1.25. The number of rotatable bonds is 0. The molecule has 0 spiro atoms. The van der Waals surface area contributed by atoms with E-state index in [2.05, 4.69) is 167 Å². The number of fused-ring (bicyclic) bond motifs is 21. The summed E-state index contributed by atoms with van der Waals surface area (Å²) in [6, 6.07) is 59.1. The highest BCUT2D eigenvalue weighted by atomic mass is 14.9. The number of hydrogen-bond acceptors (Lipinski definition) is 0. The molecule has 2 nitrogen and oxygen atoms in total. The largest absolute Gasteiger partial charge is 0.308 e. The van der Waals surface area contributed by atoms with E-state index in [1.807, 2.05) is 0 Å². The molecule has 8 aromatic carbocycles. The van der Waals surface area contributed by atoms with Gasteiger partial charge in [-0.3, -0.25) is 0 Å². The number of hydrogen-bond donors (Lipinski definition) is 0. The Labute approximate surface area is 286 Å². The summed E-state index contributed by atoms with van der Waals surface area (Å²) in [5.74, 6) is 0. The summed E-state index contributed by atoms with van der Waals surface area (Å²) in [6.07, 6.45) is 0. The molecule has 0 amide bonds. The van der Waals surface area contributed by atoms with Crippen LogP contribution in [0.4, 0.5) is 0 Å². The molecule has 0 fully saturated rings. The predicted octanol–water partition coefficient (Wildman–Crippen LogP) is 13.0. The summed E-state index contributed by atoms with van der Waals surface area (Å²) < 4.78 is 5.13. The average molecular weight is 631 g/mol. The molecule has 0 aliphatic heterocycles. The van der Waals surface area contributed by atoms with E-state index in [4.69, 9.17) is 0 Å². The van der Waals surface area contributed by atoms with Crippen LogP contribution in [0.3, 0.4) is 0 Å². The van der Waals surface area contributed by atoms with Crippen LogP contribution < -0.4 is 0 Å². The summed E-state index contributed by atoms with van der Waals surface area (Å²) in [4.78, 5) is 0. The number of benzene rings is 8. The minimum Gasteiger partial charge on any atom is -0.308 e. The Bertz CT molecular complexity index is 3430. The molecule has 228 valence electrons. The van der Waals surface area contributed by atoms with Crippen LogP contribution in [0, 0.1) is 0 Å². The van der Waals surface area contributed by atoms with Gasteiger partial charge in [0, 0.05) is 43.1 Å². The molecule has 0 unspecified atom stereocenters. The lowest BCUT2D eigenvalue weighted by molar-refractivity contribution is 1.36. The van der Waals surface area contributed by atoms with Crippen LogP contribution in [-0.4, -0.2) is 8.80 Å². The third-order valence-corrected chi connectivity index (χ3v) is 11.7. The van der Waals surface area contributed by atoms with Gasteiger partial charge in [0.05, 0.1) is 33.1 Å². The molecule has 0 bridgehead atoms. The highest BCUT2D eigenvalue weighted by molar-refractivity contribution is 6.37. The topological polar surface area (TPSA) is 8.82 Å². The molecule has 1 aliphatic carbocycles. The fourth-order valence-electron chi connectivity index (χ4n) is 9.81. The lowest BCUT2D eigenvalue weighted by Gasteiger charge is -2.23. The molecule has 12 aromatic rings. The number of para-hydroxylation sites is 3. The molecule has 2 heteroatoms. The van der Waals surface area contributed by atoms with Gasteiger partial charge in [-0.2, -0.15) is 0 Å². The van der Waals surface area contributed by atoms with Gasteiger partial charge in [0.2, 0.25) is 0 Å². The first-order valence-electron chi connectivity index (χ1n) is 17.5. The van der Waals surface area contributed by atoms with Crippen molar-refractivity contribution in [2.75, 3.05) is 0 Å². The van der Waals surface area contributed by atoms with Crippen molar-refractivity contribution in [1.29, 1.82) is 0 Å². The quantitative estimate of drug-likeness (QED) is 0.158. The lowest BCUT2D eigenvalue weighted by Crippen LogP contribution is -1.97. The van der Waals surface area contributed by atoms with Crippen molar-refractivity contribution in [2.24, 2.45) is 0 Å². The summed E-state index contributed by atoms with van der Waals surface area (Å²) in [5.41, 5.74) is 17.9. The zero-order valence-electron chi connectivity index (χ0n) is 26.9. The molecule has 4 heterocycles. The van der Waals surface area contributed by atoms with E-state index in [0.717, 1.165) is 0 Å². The molecular weight excluding hydrogens is 605 g/mol. The first-order chi connectivity index (χ1) is 24.8. The average Bonchev–Trinajstić information content (AvgIpc) is 3.90. The third-order valence-electron chi connectivity index (χ3n) is 11.7. The van der Waals surface area contributed by atoms with Gasteiger partial charge in [-0.15, -0.1) is 0 Å². The Morgan fingerprint density at radius 1 is 0.240 bits per heavy atom.